The summed E-state index contributed by atoms with van der Waals surface area (Å²) in [6.45, 7) is -0.294. The van der Waals surface area contributed by atoms with Gasteiger partial charge in [-0.2, -0.15) is 0 Å². The predicted octanol–water partition coefficient (Wildman–Crippen LogP) is 1.90. The van der Waals surface area contributed by atoms with E-state index in [0.717, 1.165) is 0 Å². The van der Waals surface area contributed by atoms with E-state index in [-0.39, 0.29) is 19.4 Å². The first-order chi connectivity index (χ1) is 9.21. The van der Waals surface area contributed by atoms with E-state index in [1.165, 1.54) is 4.72 Å². The summed E-state index contributed by atoms with van der Waals surface area (Å²) < 4.78 is 89.1. The zero-order valence-electron chi connectivity index (χ0n) is 9.89. The van der Waals surface area contributed by atoms with E-state index in [9.17, 15) is 30.4 Å². The summed E-state index contributed by atoms with van der Waals surface area (Å²) in [5, 5.41) is 8.47. The molecular weight excluding hydrogens is 309 g/mol. The van der Waals surface area contributed by atoms with E-state index >= 15 is 0 Å². The molecule has 0 radical (unpaired) electrons. The van der Waals surface area contributed by atoms with Crippen molar-refractivity contribution in [3.8, 4) is 0 Å². The highest BCUT2D eigenvalue weighted by molar-refractivity contribution is 7.92. The first kappa shape index (κ1) is 16.6. The molecule has 0 aliphatic rings. The number of nitrogens with one attached hydrogen (secondary N) is 1. The Morgan fingerprint density at radius 2 is 1.30 bits per heavy atom. The van der Waals surface area contributed by atoms with Crippen LogP contribution in [0.4, 0.5) is 27.6 Å². The molecule has 0 spiro atoms. The van der Waals surface area contributed by atoms with E-state index < -0.39 is 50.5 Å². The molecular formula is C10H10F5NO3S. The van der Waals surface area contributed by atoms with Crippen LogP contribution in [0.15, 0.2) is 0 Å². The fraction of sp³-hybridized carbons (Fsp3) is 0.400. The number of anilines is 1. The van der Waals surface area contributed by atoms with E-state index in [4.69, 9.17) is 5.11 Å². The Morgan fingerprint density at radius 3 is 1.75 bits per heavy atom. The summed E-state index contributed by atoms with van der Waals surface area (Å²) >= 11 is 0. The number of aliphatic hydroxyl groups excluding tert-OH is 1. The minimum atomic E-state index is -4.30. The van der Waals surface area contributed by atoms with Gasteiger partial charge in [-0.1, -0.05) is 0 Å². The van der Waals surface area contributed by atoms with Gasteiger partial charge in [0.05, 0.1) is 5.75 Å². The van der Waals surface area contributed by atoms with Gasteiger partial charge in [0.1, 0.15) is 5.69 Å². The molecule has 1 aromatic carbocycles. The first-order valence-corrected chi connectivity index (χ1v) is 6.99. The highest BCUT2D eigenvalue weighted by atomic mass is 32.2. The summed E-state index contributed by atoms with van der Waals surface area (Å²) in [5.74, 6) is -12.0. The van der Waals surface area contributed by atoms with Gasteiger partial charge in [0.25, 0.3) is 0 Å². The number of hydrogen-bond donors (Lipinski definition) is 2. The Labute approximate surface area is 111 Å². The van der Waals surface area contributed by atoms with Crippen molar-refractivity contribution in [2.24, 2.45) is 0 Å². The fourth-order valence-corrected chi connectivity index (χ4v) is 2.48. The number of sulfonamides is 1. The van der Waals surface area contributed by atoms with Crippen molar-refractivity contribution in [1.29, 1.82) is 0 Å². The van der Waals surface area contributed by atoms with Gasteiger partial charge in [0.2, 0.25) is 15.8 Å². The molecule has 0 saturated carbocycles. The van der Waals surface area contributed by atoms with Crippen molar-refractivity contribution >= 4 is 15.7 Å². The van der Waals surface area contributed by atoms with Crippen LogP contribution in [0.2, 0.25) is 0 Å². The van der Waals surface area contributed by atoms with Crippen molar-refractivity contribution in [3.05, 3.63) is 29.1 Å². The van der Waals surface area contributed by atoms with E-state index in [1.807, 2.05) is 0 Å². The third kappa shape index (κ3) is 3.57. The lowest BCUT2D eigenvalue weighted by Gasteiger charge is -2.11. The molecule has 10 heteroatoms. The van der Waals surface area contributed by atoms with Crippen molar-refractivity contribution in [1.82, 2.24) is 0 Å². The summed E-state index contributed by atoms with van der Waals surface area (Å²) in [5.41, 5.74) is -1.62. The minimum Gasteiger partial charge on any atom is -0.396 e. The average molecular weight is 319 g/mol. The summed E-state index contributed by atoms with van der Waals surface area (Å²) in [4.78, 5) is 0. The maximum absolute atomic E-state index is 13.2. The van der Waals surface area contributed by atoms with Gasteiger partial charge in [-0.3, -0.25) is 4.72 Å². The van der Waals surface area contributed by atoms with Crippen molar-refractivity contribution in [2.45, 2.75) is 12.8 Å². The first-order valence-electron chi connectivity index (χ1n) is 5.34. The number of benzene rings is 1. The van der Waals surface area contributed by atoms with Crippen LogP contribution in [-0.4, -0.2) is 25.9 Å². The highest BCUT2D eigenvalue weighted by Gasteiger charge is 2.28. The van der Waals surface area contributed by atoms with Crippen LogP contribution in [0.5, 0.6) is 0 Å². The van der Waals surface area contributed by atoms with Crippen LogP contribution in [0.1, 0.15) is 12.8 Å². The second kappa shape index (κ2) is 6.35. The zero-order valence-corrected chi connectivity index (χ0v) is 10.7. The Balaban J connectivity index is 3.10. The van der Waals surface area contributed by atoms with Gasteiger partial charge in [0.15, 0.2) is 23.3 Å². The quantitative estimate of drug-likeness (QED) is 0.364. The molecule has 0 heterocycles. The van der Waals surface area contributed by atoms with Crippen LogP contribution in [0.3, 0.4) is 0 Å². The third-order valence-electron chi connectivity index (χ3n) is 2.29. The van der Waals surface area contributed by atoms with E-state index in [1.54, 1.807) is 0 Å². The normalized spacial score (nSPS) is 11.7. The van der Waals surface area contributed by atoms with Gasteiger partial charge in [-0.15, -0.1) is 0 Å². The smallest absolute Gasteiger partial charge is 0.232 e. The van der Waals surface area contributed by atoms with Crippen molar-refractivity contribution in [3.63, 3.8) is 0 Å². The molecule has 1 aromatic rings. The van der Waals surface area contributed by atoms with E-state index in [2.05, 4.69) is 0 Å². The molecule has 20 heavy (non-hydrogen) atoms. The standard InChI is InChI=1S/C10H10F5NO3S/c11-5-6(12)8(14)10(9(15)7(5)13)16-20(18,19)4-2-1-3-17/h16-17H,1-4H2. The van der Waals surface area contributed by atoms with Gasteiger partial charge >= 0.3 is 0 Å². The van der Waals surface area contributed by atoms with Crippen LogP contribution in [-0.2, 0) is 10.0 Å². The second-order valence-electron chi connectivity index (χ2n) is 3.80. The lowest BCUT2D eigenvalue weighted by atomic mass is 10.2. The largest absolute Gasteiger partial charge is 0.396 e. The number of halogens is 5. The molecule has 114 valence electrons. The number of rotatable bonds is 6. The monoisotopic (exact) mass is 319 g/mol. The number of aliphatic hydroxyl groups is 1. The molecule has 0 unspecified atom stereocenters. The van der Waals surface area contributed by atoms with Gasteiger partial charge in [0, 0.05) is 6.61 Å². The van der Waals surface area contributed by atoms with Gasteiger partial charge in [-0.05, 0) is 12.8 Å². The van der Waals surface area contributed by atoms with E-state index in [0.29, 0.717) is 0 Å². The lowest BCUT2D eigenvalue weighted by molar-refractivity contribution is 0.287. The second-order valence-corrected chi connectivity index (χ2v) is 5.64. The highest BCUT2D eigenvalue weighted by Crippen LogP contribution is 2.27. The van der Waals surface area contributed by atoms with Gasteiger partial charge in [-0.25, -0.2) is 30.4 Å². The molecule has 0 amide bonds. The molecule has 0 saturated heterocycles. The van der Waals surface area contributed by atoms with Crippen LogP contribution in [0.25, 0.3) is 0 Å². The Kier molecular flexibility index (Phi) is 5.28. The Bertz CT molecular complexity index is 576. The average Bonchev–Trinajstić information content (AvgIpc) is 2.39. The fourth-order valence-electron chi connectivity index (χ4n) is 1.30. The zero-order chi connectivity index (χ0) is 15.5. The molecule has 0 aromatic heterocycles. The molecule has 0 fully saturated rings. The third-order valence-corrected chi connectivity index (χ3v) is 3.63. The van der Waals surface area contributed by atoms with Crippen LogP contribution >= 0.6 is 0 Å². The van der Waals surface area contributed by atoms with Crippen molar-refractivity contribution < 1.29 is 35.5 Å². The molecule has 0 atom stereocenters. The molecule has 0 aliphatic heterocycles. The molecule has 4 nitrogen and oxygen atoms in total. The van der Waals surface area contributed by atoms with Crippen LogP contribution < -0.4 is 4.72 Å². The number of hydrogen-bond acceptors (Lipinski definition) is 3. The Morgan fingerprint density at radius 1 is 0.850 bits per heavy atom. The Hall–Kier alpha value is -1.42. The SMILES string of the molecule is O=S(=O)(CCCCO)Nc1c(F)c(F)c(F)c(F)c1F. The summed E-state index contributed by atoms with van der Waals surface area (Å²) in [6, 6.07) is 0. The van der Waals surface area contributed by atoms with Gasteiger partial charge < -0.3 is 5.11 Å². The molecule has 0 aliphatic carbocycles. The summed E-state index contributed by atoms with van der Waals surface area (Å²) in [7, 11) is -4.30. The van der Waals surface area contributed by atoms with Crippen LogP contribution in [0, 0.1) is 29.1 Å². The maximum atomic E-state index is 13.2. The predicted molar refractivity (Wildman–Crippen MR) is 60.0 cm³/mol. The molecule has 2 N–H and O–H groups in total. The minimum absolute atomic E-state index is 0.0404. The number of unbranched alkanes of at least 4 members (excludes halogenated alkanes) is 1. The topological polar surface area (TPSA) is 66.4 Å². The maximum Gasteiger partial charge on any atom is 0.232 e. The summed E-state index contributed by atoms with van der Waals surface area (Å²) in [6.07, 6.45) is 0.0687. The lowest BCUT2D eigenvalue weighted by Crippen LogP contribution is -2.20. The molecule has 0 bridgehead atoms. The van der Waals surface area contributed by atoms with Crippen molar-refractivity contribution in [2.75, 3.05) is 17.1 Å². The molecule has 1 rings (SSSR count).